The zero-order valence-corrected chi connectivity index (χ0v) is 12.4. The summed E-state index contributed by atoms with van der Waals surface area (Å²) in [6.45, 7) is 0.454. The highest BCUT2D eigenvalue weighted by Crippen LogP contribution is 2.19. The number of nitrogens with one attached hydrogen (secondary N) is 1. The van der Waals surface area contributed by atoms with Crippen LogP contribution in [-0.2, 0) is 16.8 Å². The number of hydrogen-bond acceptors (Lipinski definition) is 4. The number of halogens is 1. The normalized spacial score (nSPS) is 11.6. The monoisotopic (exact) mass is 337 g/mol. The first-order chi connectivity index (χ1) is 7.95. The Morgan fingerprint density at radius 3 is 2.88 bits per heavy atom. The van der Waals surface area contributed by atoms with Crippen LogP contribution in [0.15, 0.2) is 15.9 Å². The first-order valence-corrected chi connectivity index (χ1v) is 7.88. The van der Waals surface area contributed by atoms with Crippen molar-refractivity contribution in [2.45, 2.75) is 13.0 Å². The predicted octanol–water partition coefficient (Wildman–Crippen LogP) is 1.69. The summed E-state index contributed by atoms with van der Waals surface area (Å²) in [5, 5.41) is 10.3. The average Bonchev–Trinajstić information content (AvgIpc) is 2.69. The number of thiophene rings is 1. The van der Waals surface area contributed by atoms with Gasteiger partial charge in [-0.15, -0.1) is 11.3 Å². The summed E-state index contributed by atoms with van der Waals surface area (Å²) >= 11 is 4.78. The molecule has 0 saturated heterocycles. The highest BCUT2D eigenvalue weighted by atomic mass is 79.9. The Balaban J connectivity index is 2.52. The van der Waals surface area contributed by atoms with Crippen molar-refractivity contribution < 1.29 is 8.42 Å². The molecule has 0 unspecified atom stereocenters. The van der Waals surface area contributed by atoms with E-state index in [4.69, 9.17) is 5.26 Å². The van der Waals surface area contributed by atoms with Crippen molar-refractivity contribution in [3.63, 3.8) is 0 Å². The smallest absolute Gasteiger partial charge is 0.198 e. The van der Waals surface area contributed by atoms with Gasteiger partial charge in [-0.25, -0.2) is 0 Å². The summed E-state index contributed by atoms with van der Waals surface area (Å²) in [4.78, 5) is 0.925. The minimum atomic E-state index is -3.50. The predicted molar refractivity (Wildman–Crippen MR) is 70.6 cm³/mol. The third-order valence-corrected chi connectivity index (χ3v) is 5.21. The van der Waals surface area contributed by atoms with Crippen molar-refractivity contribution in [3.8, 4) is 6.07 Å². The summed E-state index contributed by atoms with van der Waals surface area (Å²) < 4.78 is 28.0. The molecule has 0 radical (unpaired) electrons. The molecule has 0 aliphatic carbocycles. The Kier molecular flexibility index (Phi) is 5.55. The Labute approximate surface area is 113 Å². The zero-order valence-electron chi connectivity index (χ0n) is 9.18. The first-order valence-electron chi connectivity index (χ1n) is 4.76. The van der Waals surface area contributed by atoms with Crippen molar-refractivity contribution in [2.24, 2.45) is 0 Å². The summed E-state index contributed by atoms with van der Waals surface area (Å²) in [6, 6.07) is 3.77. The molecular weight excluding hydrogens is 326 g/mol. The Morgan fingerprint density at radius 1 is 1.65 bits per heavy atom. The second-order valence-electron chi connectivity index (χ2n) is 3.29. The molecule has 0 aromatic carbocycles. The Bertz CT molecular complexity index is 507. The van der Waals surface area contributed by atoms with E-state index >= 15 is 0 Å². The van der Waals surface area contributed by atoms with Crippen LogP contribution in [0.1, 0.15) is 11.3 Å². The van der Waals surface area contributed by atoms with Crippen LogP contribution >= 0.6 is 27.3 Å². The maximum absolute atomic E-state index is 11.7. The van der Waals surface area contributed by atoms with Crippen LogP contribution in [0, 0.1) is 11.3 Å². The Morgan fingerprint density at radius 2 is 2.35 bits per heavy atom. The van der Waals surface area contributed by atoms with Crippen LogP contribution in [-0.4, -0.2) is 26.3 Å². The highest BCUT2D eigenvalue weighted by Gasteiger charge is 2.16. The number of hydrogen-bond donors (Lipinski definition) is 1. The van der Waals surface area contributed by atoms with Crippen LogP contribution in [0.2, 0.25) is 0 Å². The van der Waals surface area contributed by atoms with Gasteiger partial charge in [0, 0.05) is 41.3 Å². The van der Waals surface area contributed by atoms with Gasteiger partial charge < -0.3 is 0 Å². The number of nitriles is 1. The van der Waals surface area contributed by atoms with E-state index in [0.717, 1.165) is 13.7 Å². The summed E-state index contributed by atoms with van der Waals surface area (Å²) in [6.07, 6.45) is 0.183. The molecule has 0 spiro atoms. The third kappa shape index (κ3) is 4.73. The fourth-order valence-corrected chi connectivity index (χ4v) is 3.42. The lowest BCUT2D eigenvalue weighted by molar-refractivity contribution is 0.464. The van der Waals surface area contributed by atoms with Gasteiger partial charge in [0.15, 0.2) is 0 Å². The molecule has 1 heterocycles. The second kappa shape index (κ2) is 6.47. The van der Waals surface area contributed by atoms with Crippen LogP contribution in [0.3, 0.4) is 0 Å². The van der Waals surface area contributed by atoms with Gasteiger partial charge in [0.1, 0.15) is 0 Å². The largest absolute Gasteiger partial charge is 0.279 e. The minimum absolute atomic E-state index is 0.183. The van der Waals surface area contributed by atoms with E-state index in [2.05, 4.69) is 20.7 Å². The molecule has 0 atom stereocenters. The molecule has 1 N–H and O–H groups in total. The third-order valence-electron chi connectivity index (χ3n) is 2.00. The fraction of sp³-hybridized carbons (Fsp3) is 0.444. The molecule has 1 aromatic heterocycles. The lowest BCUT2D eigenvalue weighted by Gasteiger charge is -2.15. The maximum atomic E-state index is 11.7. The Hall–Kier alpha value is -0.460. The van der Waals surface area contributed by atoms with Crippen LogP contribution in [0.5, 0.6) is 0 Å². The van der Waals surface area contributed by atoms with Crippen LogP contribution in [0.25, 0.3) is 0 Å². The average molecular weight is 338 g/mol. The molecule has 94 valence electrons. The van der Waals surface area contributed by atoms with E-state index in [-0.39, 0.29) is 19.5 Å². The summed E-state index contributed by atoms with van der Waals surface area (Å²) in [5.41, 5.74) is 0. The van der Waals surface area contributed by atoms with Crippen molar-refractivity contribution >= 4 is 37.5 Å². The molecule has 17 heavy (non-hydrogen) atoms. The molecule has 0 amide bonds. The number of rotatable bonds is 6. The molecule has 0 fully saturated rings. The highest BCUT2D eigenvalue weighted by molar-refractivity contribution is 9.10. The molecule has 0 saturated carbocycles. The van der Waals surface area contributed by atoms with E-state index in [1.54, 1.807) is 0 Å². The molecule has 0 bridgehead atoms. The topological polar surface area (TPSA) is 73.2 Å². The van der Waals surface area contributed by atoms with E-state index in [9.17, 15) is 8.42 Å². The molecule has 1 aromatic rings. The quantitative estimate of drug-likeness (QED) is 0.858. The lowest BCUT2D eigenvalue weighted by Crippen LogP contribution is -2.38. The van der Waals surface area contributed by atoms with Crippen molar-refractivity contribution in [3.05, 3.63) is 20.8 Å². The van der Waals surface area contributed by atoms with Gasteiger partial charge in [-0.1, -0.05) is 0 Å². The van der Waals surface area contributed by atoms with Crippen molar-refractivity contribution in [1.82, 2.24) is 9.03 Å². The van der Waals surface area contributed by atoms with Crippen LogP contribution < -0.4 is 4.72 Å². The second-order valence-corrected chi connectivity index (χ2v) is 7.06. The summed E-state index contributed by atoms with van der Waals surface area (Å²) in [7, 11) is -2.05. The van der Waals surface area contributed by atoms with Gasteiger partial charge >= 0.3 is 0 Å². The lowest BCUT2D eigenvalue weighted by atomic mass is 10.5. The van der Waals surface area contributed by atoms with Gasteiger partial charge in [-0.05, 0) is 22.0 Å². The molecule has 0 aliphatic heterocycles. The van der Waals surface area contributed by atoms with Gasteiger partial charge in [0.2, 0.25) is 0 Å². The van der Waals surface area contributed by atoms with Gasteiger partial charge in [0.25, 0.3) is 10.2 Å². The standard InChI is InChI=1S/C9H12BrN3O2S2/c1-13(4-2-3-11)17(14,15)12-6-9-5-8(10)7-16-9/h5,7,12H,2,4,6H2,1H3. The first kappa shape index (κ1) is 14.6. The molecule has 5 nitrogen and oxygen atoms in total. The molecule has 0 aliphatic rings. The maximum Gasteiger partial charge on any atom is 0.279 e. The van der Waals surface area contributed by atoms with E-state index in [0.29, 0.717) is 0 Å². The minimum Gasteiger partial charge on any atom is -0.198 e. The summed E-state index contributed by atoms with van der Waals surface area (Å²) in [5.74, 6) is 0. The zero-order chi connectivity index (χ0) is 12.9. The van der Waals surface area contributed by atoms with E-state index in [1.807, 2.05) is 17.5 Å². The van der Waals surface area contributed by atoms with Crippen molar-refractivity contribution in [2.75, 3.05) is 13.6 Å². The fourth-order valence-electron chi connectivity index (χ4n) is 1.05. The van der Waals surface area contributed by atoms with Crippen molar-refractivity contribution in [1.29, 1.82) is 5.26 Å². The molecule has 1 rings (SSSR count). The molecule has 8 heteroatoms. The van der Waals surface area contributed by atoms with Crippen LogP contribution in [0.4, 0.5) is 0 Å². The van der Waals surface area contributed by atoms with Gasteiger partial charge in [-0.3, -0.25) is 0 Å². The van der Waals surface area contributed by atoms with E-state index in [1.165, 1.54) is 18.4 Å². The molecular formula is C9H12BrN3O2S2. The SMILES string of the molecule is CN(CCC#N)S(=O)(=O)NCc1cc(Br)cs1. The van der Waals surface area contributed by atoms with Gasteiger partial charge in [-0.2, -0.15) is 22.7 Å². The van der Waals surface area contributed by atoms with E-state index < -0.39 is 10.2 Å². The van der Waals surface area contributed by atoms with Gasteiger partial charge in [0.05, 0.1) is 6.07 Å². The number of nitrogens with zero attached hydrogens (tertiary/aromatic N) is 2.